The van der Waals surface area contributed by atoms with Crippen molar-refractivity contribution < 1.29 is 9.47 Å². The number of hydrogen-bond donors (Lipinski definition) is 0. The van der Waals surface area contributed by atoms with Gasteiger partial charge in [0.05, 0.1) is 13.2 Å². The maximum atomic E-state index is 6.40. The first kappa shape index (κ1) is 17.6. The van der Waals surface area contributed by atoms with Crippen LogP contribution < -0.4 is 9.47 Å². The molecule has 0 saturated heterocycles. The molecule has 1 unspecified atom stereocenters. The Hall–Kier alpha value is -0.410. The molecule has 20 heavy (non-hydrogen) atoms. The highest BCUT2D eigenvalue weighted by molar-refractivity contribution is 9.09. The van der Waals surface area contributed by atoms with E-state index >= 15 is 0 Å². The molecule has 0 spiro atoms. The van der Waals surface area contributed by atoms with E-state index < -0.39 is 0 Å². The van der Waals surface area contributed by atoms with Gasteiger partial charge in [0.1, 0.15) is 0 Å². The van der Waals surface area contributed by atoms with Crippen LogP contribution in [0.25, 0.3) is 0 Å². The molecule has 1 atom stereocenters. The molecule has 1 aromatic rings. The lowest BCUT2D eigenvalue weighted by Gasteiger charge is -2.24. The summed E-state index contributed by atoms with van der Waals surface area (Å²) in [6.45, 7) is 11.8. The third-order valence-electron chi connectivity index (χ3n) is 2.79. The van der Waals surface area contributed by atoms with Crippen LogP contribution in [0.15, 0.2) is 12.1 Å². The van der Waals surface area contributed by atoms with Crippen LogP contribution in [0.5, 0.6) is 11.5 Å². The molecule has 0 N–H and O–H groups in total. The van der Waals surface area contributed by atoms with E-state index in [1.54, 1.807) is 0 Å². The van der Waals surface area contributed by atoms with Crippen molar-refractivity contribution in [3.05, 3.63) is 22.7 Å². The Balaban J connectivity index is 3.10. The van der Waals surface area contributed by atoms with Gasteiger partial charge < -0.3 is 9.47 Å². The summed E-state index contributed by atoms with van der Waals surface area (Å²) in [6, 6.07) is 3.84. The fourth-order valence-corrected chi connectivity index (χ4v) is 3.74. The fraction of sp³-hybridized carbons (Fsp3) is 0.625. The lowest BCUT2D eigenvalue weighted by Crippen LogP contribution is -2.09. The van der Waals surface area contributed by atoms with Gasteiger partial charge in [0.2, 0.25) is 0 Å². The second-order valence-corrected chi connectivity index (χ2v) is 7.43. The molecule has 0 aliphatic rings. The van der Waals surface area contributed by atoms with Gasteiger partial charge in [-0.3, -0.25) is 0 Å². The van der Waals surface area contributed by atoms with Crippen LogP contribution >= 0.6 is 27.5 Å². The zero-order valence-corrected chi connectivity index (χ0v) is 15.3. The van der Waals surface area contributed by atoms with Crippen LogP contribution in [0.3, 0.4) is 0 Å². The summed E-state index contributed by atoms with van der Waals surface area (Å²) in [5.41, 5.74) is 1.27. The maximum absolute atomic E-state index is 6.40. The normalized spacial score (nSPS) is 13.2. The monoisotopic (exact) mass is 362 g/mol. The molecule has 0 bridgehead atoms. The lowest BCUT2D eigenvalue weighted by molar-refractivity contribution is 0.287. The van der Waals surface area contributed by atoms with Gasteiger partial charge in [-0.25, -0.2) is 0 Å². The van der Waals surface area contributed by atoms with Crippen molar-refractivity contribution in [3.63, 3.8) is 0 Å². The van der Waals surface area contributed by atoms with Crippen molar-refractivity contribution in [1.29, 1.82) is 0 Å². The summed E-state index contributed by atoms with van der Waals surface area (Å²) >= 11 is 10.1. The first-order valence-corrected chi connectivity index (χ1v) is 8.31. The van der Waals surface area contributed by atoms with Crippen molar-refractivity contribution in [2.45, 2.75) is 45.9 Å². The average Bonchev–Trinajstić information content (AvgIpc) is 2.30. The minimum absolute atomic E-state index is 0.199. The van der Waals surface area contributed by atoms with Crippen LogP contribution in [-0.4, -0.2) is 13.2 Å². The van der Waals surface area contributed by atoms with E-state index in [2.05, 4.69) is 36.7 Å². The third-order valence-corrected chi connectivity index (χ3v) is 3.94. The highest BCUT2D eigenvalue weighted by Crippen LogP contribution is 2.43. The molecule has 0 saturated carbocycles. The minimum Gasteiger partial charge on any atom is -0.490 e. The number of benzene rings is 1. The van der Waals surface area contributed by atoms with Crippen LogP contribution in [0.1, 0.15) is 51.4 Å². The molecule has 0 aliphatic heterocycles. The quantitative estimate of drug-likeness (QED) is 0.576. The topological polar surface area (TPSA) is 18.5 Å². The maximum Gasteiger partial charge on any atom is 0.162 e. The van der Waals surface area contributed by atoms with Gasteiger partial charge in [0.15, 0.2) is 11.5 Å². The van der Waals surface area contributed by atoms with Gasteiger partial charge in [-0.2, -0.15) is 0 Å². The van der Waals surface area contributed by atoms with Gasteiger partial charge in [-0.15, -0.1) is 0 Å². The molecule has 4 heteroatoms. The molecular weight excluding hydrogens is 340 g/mol. The standard InChI is InChI=1S/C16H24BrClO2/c1-6-19-14-8-11(12(17)10-16(3,4)5)13(18)9-15(14)20-7-2/h8-9,12H,6-7,10H2,1-5H3. The van der Waals surface area contributed by atoms with Crippen LogP contribution in [0.4, 0.5) is 0 Å². The van der Waals surface area contributed by atoms with E-state index in [0.29, 0.717) is 24.0 Å². The van der Waals surface area contributed by atoms with Gasteiger partial charge in [0.25, 0.3) is 0 Å². The Morgan fingerprint density at radius 2 is 1.60 bits per heavy atom. The second kappa shape index (κ2) is 7.56. The van der Waals surface area contributed by atoms with Gasteiger partial charge in [0, 0.05) is 15.9 Å². The summed E-state index contributed by atoms with van der Waals surface area (Å²) in [5.74, 6) is 1.46. The van der Waals surface area contributed by atoms with Crippen molar-refractivity contribution in [2.75, 3.05) is 13.2 Å². The van der Waals surface area contributed by atoms with Gasteiger partial charge in [-0.1, -0.05) is 48.3 Å². The molecule has 1 aromatic carbocycles. The molecule has 0 aliphatic carbocycles. The highest BCUT2D eigenvalue weighted by Gasteiger charge is 2.22. The summed E-state index contributed by atoms with van der Waals surface area (Å²) in [7, 11) is 0. The smallest absolute Gasteiger partial charge is 0.162 e. The Morgan fingerprint density at radius 1 is 1.10 bits per heavy atom. The van der Waals surface area contributed by atoms with E-state index in [0.717, 1.165) is 17.7 Å². The number of halogens is 2. The van der Waals surface area contributed by atoms with E-state index in [9.17, 15) is 0 Å². The molecular formula is C16H24BrClO2. The van der Waals surface area contributed by atoms with Crippen molar-refractivity contribution in [1.82, 2.24) is 0 Å². The first-order valence-electron chi connectivity index (χ1n) is 7.01. The zero-order valence-electron chi connectivity index (χ0n) is 12.9. The first-order chi connectivity index (χ1) is 9.28. The Bertz CT molecular complexity index is 441. The summed E-state index contributed by atoms with van der Waals surface area (Å²) in [5, 5.41) is 0.711. The molecule has 114 valence electrons. The van der Waals surface area contributed by atoms with E-state index in [4.69, 9.17) is 21.1 Å². The number of alkyl halides is 1. The van der Waals surface area contributed by atoms with Gasteiger partial charge >= 0.3 is 0 Å². The molecule has 2 nitrogen and oxygen atoms in total. The van der Waals surface area contributed by atoms with Crippen LogP contribution in [0, 0.1) is 5.41 Å². The van der Waals surface area contributed by atoms with Crippen LogP contribution in [0.2, 0.25) is 5.02 Å². The highest BCUT2D eigenvalue weighted by atomic mass is 79.9. The Morgan fingerprint density at radius 3 is 2.05 bits per heavy atom. The molecule has 0 fully saturated rings. The van der Waals surface area contributed by atoms with Crippen molar-refractivity contribution >= 4 is 27.5 Å². The average molecular weight is 364 g/mol. The van der Waals surface area contributed by atoms with Crippen LogP contribution in [-0.2, 0) is 0 Å². The minimum atomic E-state index is 0.199. The lowest BCUT2D eigenvalue weighted by atomic mass is 9.88. The van der Waals surface area contributed by atoms with E-state index in [1.807, 2.05) is 26.0 Å². The zero-order chi connectivity index (χ0) is 15.3. The third kappa shape index (κ3) is 5.17. The summed E-state index contributed by atoms with van der Waals surface area (Å²) in [4.78, 5) is 0.199. The number of ether oxygens (including phenoxy) is 2. The predicted molar refractivity (Wildman–Crippen MR) is 89.5 cm³/mol. The van der Waals surface area contributed by atoms with Crippen molar-refractivity contribution in [2.24, 2.45) is 5.41 Å². The predicted octanol–water partition coefficient (Wildman–Crippen LogP) is 6.01. The van der Waals surface area contributed by atoms with Gasteiger partial charge in [-0.05, 0) is 37.3 Å². The molecule has 0 amide bonds. The van der Waals surface area contributed by atoms with E-state index in [1.165, 1.54) is 0 Å². The molecule has 0 aromatic heterocycles. The Kier molecular flexibility index (Phi) is 6.67. The molecule has 1 rings (SSSR count). The SMILES string of the molecule is CCOc1cc(Cl)c(C(Br)CC(C)(C)C)cc1OCC. The van der Waals surface area contributed by atoms with Crippen molar-refractivity contribution in [3.8, 4) is 11.5 Å². The number of rotatable bonds is 6. The molecule has 0 radical (unpaired) electrons. The summed E-state index contributed by atoms with van der Waals surface area (Å²) in [6.07, 6.45) is 0.992. The summed E-state index contributed by atoms with van der Waals surface area (Å²) < 4.78 is 11.2. The molecule has 0 heterocycles. The number of hydrogen-bond acceptors (Lipinski definition) is 2. The fourth-order valence-electron chi connectivity index (χ4n) is 1.98. The Labute approximate surface area is 135 Å². The second-order valence-electron chi connectivity index (χ2n) is 5.92. The van der Waals surface area contributed by atoms with E-state index in [-0.39, 0.29) is 10.2 Å². The largest absolute Gasteiger partial charge is 0.490 e.